The minimum Gasteiger partial charge on any atom is -0.611 e. The molecule has 27 heavy (non-hydrogen) atoms. The highest BCUT2D eigenvalue weighted by atomic mass is 32.2. The molecule has 5 heteroatoms. The molecule has 0 fully saturated rings. The fraction of sp³-hybridized carbons (Fsp3) is 0.273. The molecule has 0 aliphatic heterocycles. The lowest BCUT2D eigenvalue weighted by atomic mass is 10.1. The molecule has 0 N–H and O–H groups in total. The van der Waals surface area contributed by atoms with Gasteiger partial charge in [0.15, 0.2) is 4.90 Å². The van der Waals surface area contributed by atoms with Crippen molar-refractivity contribution in [2.75, 3.05) is 18.8 Å². The molecule has 0 saturated carbocycles. The van der Waals surface area contributed by atoms with Crippen molar-refractivity contribution in [2.45, 2.75) is 25.2 Å². The van der Waals surface area contributed by atoms with E-state index in [-0.39, 0.29) is 12.3 Å². The summed E-state index contributed by atoms with van der Waals surface area (Å²) >= 11 is -1.27. The molecular formula is C22H24N2O2S. The lowest BCUT2D eigenvalue weighted by Crippen LogP contribution is -2.31. The van der Waals surface area contributed by atoms with E-state index in [4.69, 9.17) is 4.98 Å². The van der Waals surface area contributed by atoms with E-state index < -0.39 is 11.2 Å². The number of amides is 1. The van der Waals surface area contributed by atoms with Crippen molar-refractivity contribution in [3.63, 3.8) is 0 Å². The third kappa shape index (κ3) is 4.49. The third-order valence-electron chi connectivity index (χ3n) is 4.61. The summed E-state index contributed by atoms with van der Waals surface area (Å²) < 4.78 is 13.1. The largest absolute Gasteiger partial charge is 0.611 e. The van der Waals surface area contributed by atoms with Crippen molar-refractivity contribution in [1.29, 1.82) is 0 Å². The van der Waals surface area contributed by atoms with Crippen LogP contribution >= 0.6 is 0 Å². The summed E-state index contributed by atoms with van der Waals surface area (Å²) in [4.78, 5) is 19.5. The standard InChI is InChI=1S/C22H24N2O2S/c1-3-24(4-2)22(25)14-15-27(26)21-16-20(17-10-6-5-7-11-17)23-19-13-9-8-12-18(19)21/h5-13,16H,3-4,14-15H2,1-2H3. The first-order valence-electron chi connectivity index (χ1n) is 9.25. The molecule has 1 unspecified atom stereocenters. The van der Waals surface area contributed by atoms with E-state index in [0.717, 1.165) is 27.1 Å². The number of nitrogens with zero attached hydrogens (tertiary/aromatic N) is 2. The number of aromatic nitrogens is 1. The first-order chi connectivity index (χ1) is 13.1. The zero-order valence-corrected chi connectivity index (χ0v) is 16.5. The highest BCUT2D eigenvalue weighted by Crippen LogP contribution is 2.28. The van der Waals surface area contributed by atoms with Gasteiger partial charge in [-0.3, -0.25) is 4.79 Å². The van der Waals surface area contributed by atoms with Crippen molar-refractivity contribution in [3.8, 4) is 11.3 Å². The molecule has 1 aromatic heterocycles. The normalized spacial score (nSPS) is 12.1. The second kappa shape index (κ2) is 9.02. The molecule has 4 nitrogen and oxygen atoms in total. The van der Waals surface area contributed by atoms with Crippen molar-refractivity contribution in [1.82, 2.24) is 9.88 Å². The Balaban J connectivity index is 1.91. The molecule has 0 bridgehead atoms. The van der Waals surface area contributed by atoms with Gasteiger partial charge in [-0.25, -0.2) is 4.98 Å². The van der Waals surface area contributed by atoms with E-state index in [2.05, 4.69) is 0 Å². The summed E-state index contributed by atoms with van der Waals surface area (Å²) in [6, 6.07) is 19.5. The number of rotatable bonds is 7. The maximum absolute atomic E-state index is 13.1. The van der Waals surface area contributed by atoms with Gasteiger partial charge in [-0.2, -0.15) is 0 Å². The number of fused-ring (bicyclic) bond motifs is 1. The third-order valence-corrected chi connectivity index (χ3v) is 6.01. The zero-order valence-electron chi connectivity index (χ0n) is 15.7. The van der Waals surface area contributed by atoms with Crippen molar-refractivity contribution in [3.05, 3.63) is 60.7 Å². The Kier molecular flexibility index (Phi) is 6.48. The Morgan fingerprint density at radius 1 is 1.04 bits per heavy atom. The minimum atomic E-state index is -1.27. The minimum absolute atomic E-state index is 0.0509. The Hall–Kier alpha value is -2.37. The number of pyridine rings is 1. The molecule has 0 radical (unpaired) electrons. The highest BCUT2D eigenvalue weighted by molar-refractivity contribution is 7.91. The molecule has 3 aromatic rings. The van der Waals surface area contributed by atoms with E-state index in [9.17, 15) is 9.35 Å². The van der Waals surface area contributed by atoms with Crippen LogP contribution in [0.15, 0.2) is 65.6 Å². The highest BCUT2D eigenvalue weighted by Gasteiger charge is 2.20. The Labute approximate surface area is 163 Å². The molecule has 1 heterocycles. The summed E-state index contributed by atoms with van der Waals surface area (Å²) in [6.45, 7) is 5.28. The van der Waals surface area contributed by atoms with E-state index in [0.29, 0.717) is 18.8 Å². The lowest BCUT2D eigenvalue weighted by Gasteiger charge is -2.19. The predicted octanol–water partition coefficient (Wildman–Crippen LogP) is 4.27. The van der Waals surface area contributed by atoms with Gasteiger partial charge in [0.1, 0.15) is 5.75 Å². The first kappa shape index (κ1) is 19.4. The van der Waals surface area contributed by atoms with Crippen LogP contribution in [-0.2, 0) is 16.0 Å². The fourth-order valence-corrected chi connectivity index (χ4v) is 4.35. The van der Waals surface area contributed by atoms with Gasteiger partial charge in [-0.05, 0) is 37.2 Å². The van der Waals surface area contributed by atoms with Crippen LogP contribution in [0.1, 0.15) is 20.3 Å². The second-order valence-corrected chi connectivity index (χ2v) is 7.79. The molecular weight excluding hydrogens is 356 g/mol. The average molecular weight is 381 g/mol. The van der Waals surface area contributed by atoms with Gasteiger partial charge >= 0.3 is 0 Å². The van der Waals surface area contributed by atoms with Gasteiger partial charge in [0, 0.05) is 24.7 Å². The summed E-state index contributed by atoms with van der Waals surface area (Å²) in [6.07, 6.45) is 0.283. The summed E-state index contributed by atoms with van der Waals surface area (Å²) in [7, 11) is 0. The number of para-hydroxylation sites is 1. The van der Waals surface area contributed by atoms with Crippen molar-refractivity contribution in [2.24, 2.45) is 0 Å². The molecule has 0 spiro atoms. The molecule has 2 aromatic carbocycles. The monoisotopic (exact) mass is 380 g/mol. The van der Waals surface area contributed by atoms with Crippen molar-refractivity contribution >= 4 is 28.0 Å². The van der Waals surface area contributed by atoms with Crippen LogP contribution in [0.3, 0.4) is 0 Å². The zero-order chi connectivity index (χ0) is 19.2. The molecule has 140 valence electrons. The SMILES string of the molecule is CCN(CC)C(=O)CC[S+]([O-])c1cc(-c2ccccc2)nc2ccccc12. The number of benzene rings is 2. The summed E-state index contributed by atoms with van der Waals surface area (Å²) in [5, 5.41) is 0.880. The average Bonchev–Trinajstić information content (AvgIpc) is 2.72. The van der Waals surface area contributed by atoms with Gasteiger partial charge in [0.05, 0.1) is 23.0 Å². The van der Waals surface area contributed by atoms with Gasteiger partial charge < -0.3 is 9.45 Å². The van der Waals surface area contributed by atoms with Gasteiger partial charge in [0.2, 0.25) is 5.91 Å². The number of carbonyl (C=O) groups excluding carboxylic acids is 1. The van der Waals surface area contributed by atoms with E-state index in [1.54, 1.807) is 4.90 Å². The molecule has 0 aliphatic carbocycles. The Bertz CT molecular complexity index is 911. The van der Waals surface area contributed by atoms with E-state index >= 15 is 0 Å². The summed E-state index contributed by atoms with van der Waals surface area (Å²) in [5.41, 5.74) is 2.60. The van der Waals surface area contributed by atoms with Crippen LogP contribution in [0, 0.1) is 0 Å². The first-order valence-corrected chi connectivity index (χ1v) is 10.6. The molecule has 1 atom stereocenters. The smallest absolute Gasteiger partial charge is 0.227 e. The Morgan fingerprint density at radius 3 is 2.41 bits per heavy atom. The van der Waals surface area contributed by atoms with Gasteiger partial charge in [-0.1, -0.05) is 42.5 Å². The lowest BCUT2D eigenvalue weighted by molar-refractivity contribution is -0.130. The quantitative estimate of drug-likeness (QED) is 0.575. The van der Waals surface area contributed by atoms with Crippen LogP contribution in [0.25, 0.3) is 22.2 Å². The topological polar surface area (TPSA) is 56.3 Å². The maximum Gasteiger partial charge on any atom is 0.227 e. The van der Waals surface area contributed by atoms with Crippen LogP contribution in [0.4, 0.5) is 0 Å². The van der Waals surface area contributed by atoms with Crippen LogP contribution < -0.4 is 0 Å². The van der Waals surface area contributed by atoms with Crippen LogP contribution in [0.5, 0.6) is 0 Å². The molecule has 1 amide bonds. The van der Waals surface area contributed by atoms with E-state index in [1.165, 1.54) is 0 Å². The maximum atomic E-state index is 13.1. The second-order valence-electron chi connectivity index (χ2n) is 6.25. The molecule has 3 rings (SSSR count). The Morgan fingerprint density at radius 2 is 1.70 bits per heavy atom. The molecule has 0 saturated heterocycles. The molecule has 0 aliphatic rings. The number of carbonyl (C=O) groups is 1. The van der Waals surface area contributed by atoms with Crippen molar-refractivity contribution < 1.29 is 9.35 Å². The van der Waals surface area contributed by atoms with Crippen LogP contribution in [-0.4, -0.2) is 39.2 Å². The van der Waals surface area contributed by atoms with Gasteiger partial charge in [0.25, 0.3) is 0 Å². The number of hydrogen-bond donors (Lipinski definition) is 0. The fourth-order valence-electron chi connectivity index (χ4n) is 3.11. The number of hydrogen-bond acceptors (Lipinski definition) is 3. The van der Waals surface area contributed by atoms with Crippen LogP contribution in [0.2, 0.25) is 0 Å². The summed E-state index contributed by atoms with van der Waals surface area (Å²) in [5.74, 6) is 0.368. The van der Waals surface area contributed by atoms with Gasteiger partial charge in [-0.15, -0.1) is 0 Å². The van der Waals surface area contributed by atoms with E-state index in [1.807, 2.05) is 74.5 Å². The predicted molar refractivity (Wildman–Crippen MR) is 111 cm³/mol.